The maximum Gasteiger partial charge on any atom is 0.134 e. The van der Waals surface area contributed by atoms with Gasteiger partial charge in [0.05, 0.1) is 24.9 Å². The van der Waals surface area contributed by atoms with E-state index >= 15 is 0 Å². The Hall–Kier alpha value is -1.40. The second-order valence-corrected chi connectivity index (χ2v) is 7.64. The third-order valence-corrected chi connectivity index (χ3v) is 5.97. The predicted molar refractivity (Wildman–Crippen MR) is 98.1 cm³/mol. The average Bonchev–Trinajstić information content (AvgIpc) is 3.34. The molecule has 1 saturated carbocycles. The first kappa shape index (κ1) is 17.0. The van der Waals surface area contributed by atoms with Gasteiger partial charge in [0.1, 0.15) is 18.0 Å². The summed E-state index contributed by atoms with van der Waals surface area (Å²) in [5, 5.41) is 9.55. The first-order valence-corrected chi connectivity index (χ1v) is 9.93. The number of hydrogen-bond acceptors (Lipinski definition) is 6. The van der Waals surface area contributed by atoms with Crippen LogP contribution in [0.4, 0.5) is 11.6 Å². The lowest BCUT2D eigenvalue weighted by atomic mass is 10.1. The first-order valence-electron chi connectivity index (χ1n) is 9.93. The van der Waals surface area contributed by atoms with E-state index in [4.69, 9.17) is 4.74 Å². The fourth-order valence-corrected chi connectivity index (χ4v) is 4.51. The minimum atomic E-state index is 0.198. The highest BCUT2D eigenvalue weighted by molar-refractivity contribution is 5.51. The molecule has 3 heterocycles. The Morgan fingerprint density at radius 2 is 1.64 bits per heavy atom. The van der Waals surface area contributed by atoms with Gasteiger partial charge in [0, 0.05) is 25.7 Å². The van der Waals surface area contributed by atoms with Crippen LogP contribution in [0.15, 0.2) is 12.4 Å². The fourth-order valence-electron chi connectivity index (χ4n) is 4.51. The number of piperidine rings is 1. The number of aliphatic hydroxyl groups excluding tert-OH is 1. The zero-order chi connectivity index (χ0) is 17.1. The smallest absolute Gasteiger partial charge is 0.134 e. The van der Waals surface area contributed by atoms with Gasteiger partial charge in [-0.3, -0.25) is 0 Å². The lowest BCUT2D eigenvalue weighted by Gasteiger charge is -2.34. The van der Waals surface area contributed by atoms with Gasteiger partial charge in [-0.25, -0.2) is 9.97 Å². The van der Waals surface area contributed by atoms with Crippen LogP contribution in [-0.4, -0.2) is 59.6 Å². The minimum absolute atomic E-state index is 0.198. The number of aromatic nitrogens is 2. The maximum atomic E-state index is 9.55. The van der Waals surface area contributed by atoms with Gasteiger partial charge in [-0.05, 0) is 38.5 Å². The molecule has 1 aromatic heterocycles. The van der Waals surface area contributed by atoms with E-state index in [0.29, 0.717) is 12.2 Å². The van der Waals surface area contributed by atoms with Crippen LogP contribution in [0.1, 0.15) is 51.4 Å². The molecule has 1 N–H and O–H groups in total. The monoisotopic (exact) mass is 346 g/mol. The molecule has 6 nitrogen and oxygen atoms in total. The quantitative estimate of drug-likeness (QED) is 0.883. The lowest BCUT2D eigenvalue weighted by Crippen LogP contribution is -2.39. The third kappa shape index (κ3) is 3.90. The lowest BCUT2D eigenvalue weighted by molar-refractivity contribution is -0.0195. The van der Waals surface area contributed by atoms with Gasteiger partial charge in [0.25, 0.3) is 0 Å². The van der Waals surface area contributed by atoms with E-state index < -0.39 is 0 Å². The molecule has 25 heavy (non-hydrogen) atoms. The Balaban J connectivity index is 1.35. The van der Waals surface area contributed by atoms with Crippen molar-refractivity contribution in [2.75, 3.05) is 36.0 Å². The molecule has 0 radical (unpaired) electrons. The van der Waals surface area contributed by atoms with Gasteiger partial charge in [0.2, 0.25) is 0 Å². The van der Waals surface area contributed by atoms with Crippen molar-refractivity contribution >= 4 is 11.6 Å². The molecule has 1 atom stereocenters. The summed E-state index contributed by atoms with van der Waals surface area (Å²) < 4.78 is 6.27. The van der Waals surface area contributed by atoms with Crippen molar-refractivity contribution in [1.29, 1.82) is 0 Å². The van der Waals surface area contributed by atoms with Crippen LogP contribution in [0.5, 0.6) is 0 Å². The number of anilines is 2. The largest absolute Gasteiger partial charge is 0.394 e. The Bertz CT molecular complexity index is 556. The van der Waals surface area contributed by atoms with Crippen LogP contribution in [-0.2, 0) is 4.74 Å². The van der Waals surface area contributed by atoms with Gasteiger partial charge >= 0.3 is 0 Å². The number of rotatable bonds is 5. The standard InChI is InChI=1S/C19H30N4O2/c24-13-15-4-3-9-23(15)19-12-18(20-14-21-19)22-10-7-17(8-11-22)25-16-5-1-2-6-16/h12,14-17,24H,1-11,13H2. The van der Waals surface area contributed by atoms with Gasteiger partial charge in [-0.2, -0.15) is 0 Å². The maximum absolute atomic E-state index is 9.55. The van der Waals surface area contributed by atoms with E-state index in [1.54, 1.807) is 6.33 Å². The van der Waals surface area contributed by atoms with Crippen molar-refractivity contribution < 1.29 is 9.84 Å². The molecule has 2 saturated heterocycles. The molecule has 2 aliphatic heterocycles. The molecule has 6 heteroatoms. The summed E-state index contributed by atoms with van der Waals surface area (Å²) in [5.41, 5.74) is 0. The van der Waals surface area contributed by atoms with E-state index in [0.717, 1.165) is 57.0 Å². The van der Waals surface area contributed by atoms with Crippen molar-refractivity contribution in [3.63, 3.8) is 0 Å². The number of hydrogen-bond donors (Lipinski definition) is 1. The normalized spacial score (nSPS) is 25.9. The summed E-state index contributed by atoms with van der Waals surface area (Å²) in [6, 6.07) is 2.29. The zero-order valence-corrected chi connectivity index (χ0v) is 15.0. The summed E-state index contributed by atoms with van der Waals surface area (Å²) >= 11 is 0. The van der Waals surface area contributed by atoms with Crippen molar-refractivity contribution in [2.45, 2.75) is 69.6 Å². The second kappa shape index (κ2) is 7.87. The van der Waals surface area contributed by atoms with Gasteiger partial charge in [0.15, 0.2) is 0 Å². The van der Waals surface area contributed by atoms with E-state index in [2.05, 4.69) is 25.8 Å². The molecule has 1 unspecified atom stereocenters. The van der Waals surface area contributed by atoms with Gasteiger partial charge < -0.3 is 19.6 Å². The number of aliphatic hydroxyl groups is 1. The van der Waals surface area contributed by atoms with E-state index in [9.17, 15) is 5.11 Å². The third-order valence-electron chi connectivity index (χ3n) is 5.97. The highest BCUT2D eigenvalue weighted by Crippen LogP contribution is 2.29. The average molecular weight is 346 g/mol. The Morgan fingerprint density at radius 1 is 0.920 bits per heavy atom. The highest BCUT2D eigenvalue weighted by Gasteiger charge is 2.27. The summed E-state index contributed by atoms with van der Waals surface area (Å²) in [5.74, 6) is 1.96. The summed E-state index contributed by atoms with van der Waals surface area (Å²) in [6.07, 6.45) is 12.1. The van der Waals surface area contributed by atoms with Crippen molar-refractivity contribution in [3.05, 3.63) is 12.4 Å². The molecule has 0 amide bonds. The Labute approximate surface area is 150 Å². The highest BCUT2D eigenvalue weighted by atomic mass is 16.5. The molecule has 4 rings (SSSR count). The van der Waals surface area contributed by atoms with Crippen LogP contribution in [0.3, 0.4) is 0 Å². The van der Waals surface area contributed by atoms with Crippen molar-refractivity contribution in [2.24, 2.45) is 0 Å². The predicted octanol–water partition coefficient (Wildman–Crippen LogP) is 2.37. The van der Waals surface area contributed by atoms with E-state index in [-0.39, 0.29) is 12.6 Å². The molecule has 0 spiro atoms. The topological polar surface area (TPSA) is 61.7 Å². The molecular weight excluding hydrogens is 316 g/mol. The molecule has 1 aromatic rings. The Morgan fingerprint density at radius 3 is 2.40 bits per heavy atom. The molecule has 138 valence electrons. The molecular formula is C19H30N4O2. The Kier molecular flexibility index (Phi) is 5.36. The molecule has 0 aromatic carbocycles. The van der Waals surface area contributed by atoms with Gasteiger partial charge in [-0.1, -0.05) is 12.8 Å². The molecule has 0 bridgehead atoms. The van der Waals surface area contributed by atoms with Crippen molar-refractivity contribution in [3.8, 4) is 0 Å². The molecule has 3 fully saturated rings. The van der Waals surface area contributed by atoms with Crippen LogP contribution >= 0.6 is 0 Å². The number of ether oxygens (including phenoxy) is 1. The summed E-state index contributed by atoms with van der Waals surface area (Å²) in [7, 11) is 0. The summed E-state index contributed by atoms with van der Waals surface area (Å²) in [4.78, 5) is 13.5. The first-order chi connectivity index (χ1) is 12.3. The van der Waals surface area contributed by atoms with Gasteiger partial charge in [-0.15, -0.1) is 0 Å². The second-order valence-electron chi connectivity index (χ2n) is 7.64. The molecule has 1 aliphatic carbocycles. The van der Waals surface area contributed by atoms with Crippen LogP contribution in [0, 0.1) is 0 Å². The molecule has 3 aliphatic rings. The van der Waals surface area contributed by atoms with Crippen LogP contribution in [0.25, 0.3) is 0 Å². The van der Waals surface area contributed by atoms with E-state index in [1.807, 2.05) is 0 Å². The fraction of sp³-hybridized carbons (Fsp3) is 0.789. The number of nitrogens with zero attached hydrogens (tertiary/aromatic N) is 4. The minimum Gasteiger partial charge on any atom is -0.394 e. The summed E-state index contributed by atoms with van der Waals surface area (Å²) in [6.45, 7) is 3.16. The van der Waals surface area contributed by atoms with Crippen LogP contribution in [0.2, 0.25) is 0 Å². The SMILES string of the molecule is OCC1CCCN1c1cc(N2CCC(OC3CCCC3)CC2)ncn1. The van der Waals surface area contributed by atoms with Crippen LogP contribution < -0.4 is 9.80 Å². The zero-order valence-electron chi connectivity index (χ0n) is 15.0. The van der Waals surface area contributed by atoms with Crippen molar-refractivity contribution in [1.82, 2.24) is 9.97 Å². The van der Waals surface area contributed by atoms with E-state index in [1.165, 1.54) is 25.7 Å².